The second-order valence-corrected chi connectivity index (χ2v) is 8.71. The Balaban J connectivity index is 1.76. The maximum atomic E-state index is 12.6. The molecule has 27 heavy (non-hydrogen) atoms. The summed E-state index contributed by atoms with van der Waals surface area (Å²) in [6, 6.07) is 11.5. The first-order valence-electron chi connectivity index (χ1n) is 8.75. The summed E-state index contributed by atoms with van der Waals surface area (Å²) in [5.74, 6) is 0.419. The summed E-state index contributed by atoms with van der Waals surface area (Å²) in [5, 5.41) is 2.79. The van der Waals surface area contributed by atoms with E-state index in [0.717, 1.165) is 17.7 Å². The Morgan fingerprint density at radius 3 is 2.74 bits per heavy atom. The maximum Gasteiger partial charge on any atom is 0.255 e. The van der Waals surface area contributed by atoms with Crippen LogP contribution in [-0.4, -0.2) is 40.4 Å². The van der Waals surface area contributed by atoms with Crippen LogP contribution in [0.25, 0.3) is 0 Å². The van der Waals surface area contributed by atoms with Crippen LogP contribution in [0.4, 0.5) is 5.69 Å². The molecule has 0 unspecified atom stereocenters. The topological polar surface area (TPSA) is 81.7 Å². The Labute approximate surface area is 159 Å². The van der Waals surface area contributed by atoms with Gasteiger partial charge in [-0.05, 0) is 61.2 Å². The molecule has 0 aromatic heterocycles. The second kappa shape index (κ2) is 8.10. The summed E-state index contributed by atoms with van der Waals surface area (Å²) in [6.45, 7) is 2.95. The lowest BCUT2D eigenvalue weighted by Gasteiger charge is -2.11. The van der Waals surface area contributed by atoms with Crippen LogP contribution >= 0.6 is 0 Å². The highest BCUT2D eigenvalue weighted by molar-refractivity contribution is 7.91. The van der Waals surface area contributed by atoms with E-state index in [2.05, 4.69) is 5.32 Å². The molecule has 2 aromatic rings. The number of benzene rings is 2. The number of sulfone groups is 1. The SMILES string of the molecule is COc1ccc(NC(=O)c2cccc(S(=O)(=O)C[C@H]3CCOC3)c2)cc1C. The van der Waals surface area contributed by atoms with Crippen molar-refractivity contribution in [2.45, 2.75) is 18.2 Å². The molecule has 0 saturated carbocycles. The smallest absolute Gasteiger partial charge is 0.255 e. The summed E-state index contributed by atoms with van der Waals surface area (Å²) in [5.41, 5.74) is 1.81. The molecule has 0 aliphatic carbocycles. The van der Waals surface area contributed by atoms with E-state index in [1.54, 1.807) is 37.4 Å². The molecule has 144 valence electrons. The van der Waals surface area contributed by atoms with E-state index in [4.69, 9.17) is 9.47 Å². The van der Waals surface area contributed by atoms with Crippen molar-refractivity contribution < 1.29 is 22.7 Å². The first kappa shape index (κ1) is 19.4. The average molecular weight is 389 g/mol. The lowest BCUT2D eigenvalue weighted by Crippen LogP contribution is -2.18. The largest absolute Gasteiger partial charge is 0.496 e. The van der Waals surface area contributed by atoms with Crippen molar-refractivity contribution in [3.05, 3.63) is 53.6 Å². The number of hydrogen-bond acceptors (Lipinski definition) is 5. The lowest BCUT2D eigenvalue weighted by atomic mass is 10.1. The lowest BCUT2D eigenvalue weighted by molar-refractivity contribution is 0.102. The van der Waals surface area contributed by atoms with Crippen molar-refractivity contribution in [3.8, 4) is 5.75 Å². The number of methoxy groups -OCH3 is 1. The number of hydrogen-bond donors (Lipinski definition) is 1. The van der Waals surface area contributed by atoms with E-state index in [-0.39, 0.29) is 22.5 Å². The van der Waals surface area contributed by atoms with Gasteiger partial charge in [-0.25, -0.2) is 8.42 Å². The number of carbonyl (C=O) groups is 1. The average Bonchev–Trinajstić information content (AvgIpc) is 3.14. The van der Waals surface area contributed by atoms with E-state index in [1.165, 1.54) is 12.1 Å². The molecule has 6 nitrogen and oxygen atoms in total. The third-order valence-electron chi connectivity index (χ3n) is 4.59. The third-order valence-corrected chi connectivity index (χ3v) is 6.47. The molecule has 3 rings (SSSR count). The van der Waals surface area contributed by atoms with Crippen molar-refractivity contribution in [1.29, 1.82) is 0 Å². The molecule has 0 bridgehead atoms. The molecule has 1 aliphatic rings. The van der Waals surface area contributed by atoms with Gasteiger partial charge < -0.3 is 14.8 Å². The molecule has 1 atom stereocenters. The molecule has 1 saturated heterocycles. The zero-order valence-electron chi connectivity index (χ0n) is 15.4. The van der Waals surface area contributed by atoms with Gasteiger partial charge in [-0.3, -0.25) is 4.79 Å². The second-order valence-electron chi connectivity index (χ2n) is 6.68. The zero-order chi connectivity index (χ0) is 19.4. The van der Waals surface area contributed by atoms with E-state index in [0.29, 0.717) is 24.5 Å². The molecule has 1 fully saturated rings. The van der Waals surface area contributed by atoms with Gasteiger partial charge in [-0.2, -0.15) is 0 Å². The van der Waals surface area contributed by atoms with E-state index >= 15 is 0 Å². The molecule has 2 aromatic carbocycles. The molecular formula is C20H23NO5S. The van der Waals surface area contributed by atoms with Crippen molar-refractivity contribution in [3.63, 3.8) is 0 Å². The minimum absolute atomic E-state index is 0.00903. The molecule has 1 amide bonds. The van der Waals surface area contributed by atoms with Crippen molar-refractivity contribution in [2.24, 2.45) is 5.92 Å². The van der Waals surface area contributed by atoms with Crippen LogP contribution in [0.15, 0.2) is 47.4 Å². The van der Waals surface area contributed by atoms with Crippen molar-refractivity contribution in [1.82, 2.24) is 0 Å². The molecule has 0 radical (unpaired) electrons. The highest BCUT2D eigenvalue weighted by Crippen LogP contribution is 2.23. The fourth-order valence-electron chi connectivity index (χ4n) is 3.11. The van der Waals surface area contributed by atoms with Crippen LogP contribution < -0.4 is 10.1 Å². The highest BCUT2D eigenvalue weighted by atomic mass is 32.2. The van der Waals surface area contributed by atoms with Gasteiger partial charge in [0.15, 0.2) is 9.84 Å². The Morgan fingerprint density at radius 1 is 1.26 bits per heavy atom. The third kappa shape index (κ3) is 4.67. The highest BCUT2D eigenvalue weighted by Gasteiger charge is 2.25. The van der Waals surface area contributed by atoms with Gasteiger partial charge in [0.25, 0.3) is 5.91 Å². The standard InChI is InChI=1S/C20H23NO5S/c1-14-10-17(6-7-19(14)25-2)21-20(22)16-4-3-5-18(11-16)27(23,24)13-15-8-9-26-12-15/h3-7,10-11,15H,8-9,12-13H2,1-2H3,(H,21,22)/t15-/m0/s1. The summed E-state index contributed by atoms with van der Waals surface area (Å²) < 4.78 is 35.7. The zero-order valence-corrected chi connectivity index (χ0v) is 16.2. The van der Waals surface area contributed by atoms with E-state index in [1.807, 2.05) is 6.92 Å². The van der Waals surface area contributed by atoms with Crippen molar-refractivity contribution >= 4 is 21.4 Å². The van der Waals surface area contributed by atoms with Crippen LogP contribution in [-0.2, 0) is 14.6 Å². The number of amides is 1. The van der Waals surface area contributed by atoms with Crippen molar-refractivity contribution in [2.75, 3.05) is 31.4 Å². The van der Waals surface area contributed by atoms with Gasteiger partial charge in [0.05, 0.1) is 24.4 Å². The minimum Gasteiger partial charge on any atom is -0.496 e. The predicted molar refractivity (Wildman–Crippen MR) is 103 cm³/mol. The van der Waals surface area contributed by atoms with Crippen LogP contribution in [0.2, 0.25) is 0 Å². The predicted octanol–water partition coefficient (Wildman–Crippen LogP) is 3.07. The number of aryl methyl sites for hydroxylation is 1. The summed E-state index contributed by atoms with van der Waals surface area (Å²) in [6.07, 6.45) is 0.746. The Hall–Kier alpha value is -2.38. The Morgan fingerprint density at radius 2 is 2.07 bits per heavy atom. The number of carbonyl (C=O) groups excluding carboxylic acids is 1. The van der Waals surface area contributed by atoms with Crippen LogP contribution in [0.3, 0.4) is 0 Å². The summed E-state index contributed by atoms with van der Waals surface area (Å²) in [4.78, 5) is 12.7. The fraction of sp³-hybridized carbons (Fsp3) is 0.350. The van der Waals surface area contributed by atoms with Gasteiger partial charge in [0.1, 0.15) is 5.75 Å². The van der Waals surface area contributed by atoms with Crippen LogP contribution in [0.5, 0.6) is 5.75 Å². The first-order valence-corrected chi connectivity index (χ1v) is 10.4. The maximum absolute atomic E-state index is 12.6. The van der Waals surface area contributed by atoms with Gasteiger partial charge in [0, 0.05) is 17.9 Å². The normalized spacial score (nSPS) is 16.9. The minimum atomic E-state index is -3.46. The monoisotopic (exact) mass is 389 g/mol. The van der Waals surface area contributed by atoms with Gasteiger partial charge in [0.2, 0.25) is 0 Å². The molecule has 1 N–H and O–H groups in total. The number of nitrogens with one attached hydrogen (secondary N) is 1. The fourth-order valence-corrected chi connectivity index (χ4v) is 4.78. The number of rotatable bonds is 6. The number of ether oxygens (including phenoxy) is 2. The van der Waals surface area contributed by atoms with Gasteiger partial charge >= 0.3 is 0 Å². The van der Waals surface area contributed by atoms with Crippen LogP contribution in [0, 0.1) is 12.8 Å². The van der Waals surface area contributed by atoms with E-state index < -0.39 is 9.84 Å². The van der Waals surface area contributed by atoms with E-state index in [9.17, 15) is 13.2 Å². The molecule has 1 heterocycles. The summed E-state index contributed by atoms with van der Waals surface area (Å²) in [7, 11) is -1.88. The Bertz CT molecular complexity index is 933. The Kier molecular flexibility index (Phi) is 5.82. The molecule has 1 aliphatic heterocycles. The summed E-state index contributed by atoms with van der Waals surface area (Å²) >= 11 is 0. The van der Waals surface area contributed by atoms with Gasteiger partial charge in [-0.15, -0.1) is 0 Å². The quantitative estimate of drug-likeness (QED) is 0.821. The first-order chi connectivity index (χ1) is 12.9. The van der Waals surface area contributed by atoms with Crippen LogP contribution in [0.1, 0.15) is 22.3 Å². The molecule has 0 spiro atoms. The molecular weight excluding hydrogens is 366 g/mol. The number of anilines is 1. The molecule has 7 heteroatoms. The van der Waals surface area contributed by atoms with Gasteiger partial charge in [-0.1, -0.05) is 6.07 Å².